The Morgan fingerprint density at radius 2 is 1.95 bits per heavy atom. The van der Waals surface area contributed by atoms with Crippen LogP contribution in [-0.4, -0.2) is 38.9 Å². The third kappa shape index (κ3) is 4.97. The Bertz CT molecular complexity index is 550. The van der Waals surface area contributed by atoms with E-state index in [1.165, 1.54) is 6.92 Å². The Morgan fingerprint density at radius 3 is 2.45 bits per heavy atom. The summed E-state index contributed by atoms with van der Waals surface area (Å²) < 4.78 is 27.9. The van der Waals surface area contributed by atoms with E-state index in [1.54, 1.807) is 0 Å². The second-order valence-electron chi connectivity index (χ2n) is 4.89. The maximum Gasteiger partial charge on any atom is 0.238 e. The highest BCUT2D eigenvalue weighted by atomic mass is 32.2. The molecule has 1 rings (SSSR count). The minimum absolute atomic E-state index is 0.0351. The van der Waals surface area contributed by atoms with Gasteiger partial charge in [-0.25, -0.2) is 8.42 Å². The molecule has 1 aromatic rings. The summed E-state index contributed by atoms with van der Waals surface area (Å²) in [5.41, 5.74) is 0. The van der Waals surface area contributed by atoms with E-state index in [1.807, 2.05) is 26.0 Å². The van der Waals surface area contributed by atoms with Crippen LogP contribution >= 0.6 is 0 Å². The molecule has 0 saturated carbocycles. The summed E-state index contributed by atoms with van der Waals surface area (Å²) in [6, 6.07) is 3.83. The van der Waals surface area contributed by atoms with Crippen molar-refractivity contribution in [2.24, 2.45) is 0 Å². The van der Waals surface area contributed by atoms with Crippen molar-refractivity contribution in [3.05, 3.63) is 23.7 Å². The van der Waals surface area contributed by atoms with Crippen molar-refractivity contribution in [2.45, 2.75) is 32.1 Å². The lowest BCUT2D eigenvalue weighted by atomic mass is 10.2. The molecule has 0 spiro atoms. The second-order valence-corrected chi connectivity index (χ2v) is 7.25. The molecule has 1 amide bonds. The van der Waals surface area contributed by atoms with Gasteiger partial charge in [-0.1, -0.05) is 0 Å². The van der Waals surface area contributed by atoms with Crippen molar-refractivity contribution in [2.75, 3.05) is 19.3 Å². The number of aryl methyl sites for hydroxylation is 1. The van der Waals surface area contributed by atoms with Gasteiger partial charge in [0.1, 0.15) is 16.8 Å². The molecule has 0 radical (unpaired) electrons. The van der Waals surface area contributed by atoms with Gasteiger partial charge < -0.3 is 15.1 Å². The van der Waals surface area contributed by atoms with Crippen LogP contribution in [-0.2, 0) is 14.6 Å². The second kappa shape index (κ2) is 6.90. The van der Waals surface area contributed by atoms with Crippen molar-refractivity contribution in [3.63, 3.8) is 0 Å². The van der Waals surface area contributed by atoms with Crippen LogP contribution in [0.15, 0.2) is 16.5 Å². The zero-order valence-electron chi connectivity index (χ0n) is 12.3. The van der Waals surface area contributed by atoms with Gasteiger partial charge in [0, 0.05) is 19.3 Å². The number of rotatable bonds is 7. The summed E-state index contributed by atoms with van der Waals surface area (Å²) >= 11 is 0. The molecule has 0 aromatic carbocycles. The van der Waals surface area contributed by atoms with E-state index in [0.29, 0.717) is 13.1 Å². The summed E-state index contributed by atoms with van der Waals surface area (Å²) in [4.78, 5) is 11.6. The van der Waals surface area contributed by atoms with Gasteiger partial charge in [0.15, 0.2) is 9.84 Å². The molecule has 2 N–H and O–H groups in total. The van der Waals surface area contributed by atoms with Crippen molar-refractivity contribution < 1.29 is 17.6 Å². The van der Waals surface area contributed by atoms with E-state index in [-0.39, 0.29) is 6.04 Å². The first kappa shape index (κ1) is 16.7. The SMILES string of the molecule is Cc1ccc([C@H](C)NCCNC(=O)[C@@H](C)S(C)(=O)=O)o1. The molecule has 1 heterocycles. The Morgan fingerprint density at radius 1 is 1.30 bits per heavy atom. The lowest BCUT2D eigenvalue weighted by Gasteiger charge is -2.13. The maximum absolute atomic E-state index is 11.6. The molecule has 0 aliphatic carbocycles. The van der Waals surface area contributed by atoms with Gasteiger partial charge in [-0.2, -0.15) is 0 Å². The largest absolute Gasteiger partial charge is 0.465 e. The summed E-state index contributed by atoms with van der Waals surface area (Å²) in [5.74, 6) is 1.21. The van der Waals surface area contributed by atoms with Crippen LogP contribution in [0.2, 0.25) is 0 Å². The third-order valence-corrected chi connectivity index (χ3v) is 4.57. The number of carbonyl (C=O) groups is 1. The first-order chi connectivity index (χ1) is 9.21. The summed E-state index contributed by atoms with van der Waals surface area (Å²) in [6.07, 6.45) is 1.05. The maximum atomic E-state index is 11.6. The van der Waals surface area contributed by atoms with Crippen molar-refractivity contribution in [1.29, 1.82) is 0 Å². The molecule has 0 unspecified atom stereocenters. The number of hydrogen-bond acceptors (Lipinski definition) is 5. The van der Waals surface area contributed by atoms with Gasteiger partial charge in [-0.15, -0.1) is 0 Å². The van der Waals surface area contributed by atoms with Gasteiger partial charge in [0.25, 0.3) is 0 Å². The van der Waals surface area contributed by atoms with Crippen LogP contribution in [0.3, 0.4) is 0 Å². The van der Waals surface area contributed by atoms with Gasteiger partial charge in [0.2, 0.25) is 5.91 Å². The van der Waals surface area contributed by atoms with E-state index >= 15 is 0 Å². The predicted octanol–water partition coefficient (Wildman–Crippen LogP) is 0.788. The van der Waals surface area contributed by atoms with Crippen molar-refractivity contribution in [3.8, 4) is 0 Å². The lowest BCUT2D eigenvalue weighted by molar-refractivity contribution is -0.120. The van der Waals surface area contributed by atoms with Gasteiger partial charge in [-0.3, -0.25) is 4.79 Å². The minimum atomic E-state index is -3.34. The molecular weight excluding hydrogens is 280 g/mol. The third-order valence-electron chi connectivity index (χ3n) is 3.07. The fraction of sp³-hybridized carbons (Fsp3) is 0.615. The Kier molecular flexibility index (Phi) is 5.76. The molecule has 0 bridgehead atoms. The van der Waals surface area contributed by atoms with Crippen LogP contribution in [0.25, 0.3) is 0 Å². The smallest absolute Gasteiger partial charge is 0.238 e. The number of carbonyl (C=O) groups excluding carboxylic acids is 1. The van der Waals surface area contributed by atoms with E-state index in [9.17, 15) is 13.2 Å². The first-order valence-corrected chi connectivity index (χ1v) is 8.43. The molecular formula is C13H22N2O4S. The molecule has 114 valence electrons. The monoisotopic (exact) mass is 302 g/mol. The Balaban J connectivity index is 2.30. The van der Waals surface area contributed by atoms with Crippen molar-refractivity contribution >= 4 is 15.7 Å². The normalized spacial score (nSPS) is 14.8. The van der Waals surface area contributed by atoms with Crippen LogP contribution in [0.4, 0.5) is 0 Å². The van der Waals surface area contributed by atoms with Crippen LogP contribution in [0.1, 0.15) is 31.4 Å². The zero-order valence-corrected chi connectivity index (χ0v) is 13.1. The molecule has 1 aromatic heterocycles. The van der Waals surface area contributed by atoms with Crippen molar-refractivity contribution in [1.82, 2.24) is 10.6 Å². The standard InChI is InChI=1S/C13H22N2O4S/c1-9-5-6-12(19-9)10(2)14-7-8-15-13(16)11(3)20(4,17)18/h5-6,10-11,14H,7-8H2,1-4H3,(H,15,16)/t10-,11+/m0/s1. The van der Waals surface area contributed by atoms with E-state index in [0.717, 1.165) is 17.8 Å². The first-order valence-electron chi connectivity index (χ1n) is 6.48. The molecule has 0 saturated heterocycles. The minimum Gasteiger partial charge on any atom is -0.465 e. The van der Waals surface area contributed by atoms with Gasteiger partial charge in [0.05, 0.1) is 6.04 Å². The van der Waals surface area contributed by atoms with E-state index in [2.05, 4.69) is 10.6 Å². The Labute approximate surface area is 119 Å². The van der Waals surface area contributed by atoms with Gasteiger partial charge in [-0.05, 0) is 32.9 Å². The summed E-state index contributed by atoms with van der Waals surface area (Å²) in [5, 5.41) is 4.76. The number of sulfone groups is 1. The fourth-order valence-corrected chi connectivity index (χ4v) is 2.07. The highest BCUT2D eigenvalue weighted by Crippen LogP contribution is 2.14. The molecule has 2 atom stereocenters. The van der Waals surface area contributed by atoms with Gasteiger partial charge >= 0.3 is 0 Å². The van der Waals surface area contributed by atoms with Crippen LogP contribution in [0.5, 0.6) is 0 Å². The summed E-state index contributed by atoms with van der Waals surface area (Å²) in [6.45, 7) is 6.11. The fourth-order valence-electron chi connectivity index (χ4n) is 1.60. The molecule has 0 aliphatic heterocycles. The highest BCUT2D eigenvalue weighted by molar-refractivity contribution is 7.92. The predicted molar refractivity (Wildman–Crippen MR) is 77.2 cm³/mol. The molecule has 0 fully saturated rings. The highest BCUT2D eigenvalue weighted by Gasteiger charge is 2.22. The molecule has 0 aliphatic rings. The van der Waals surface area contributed by atoms with Crippen LogP contribution < -0.4 is 10.6 Å². The number of amides is 1. The number of nitrogens with one attached hydrogen (secondary N) is 2. The zero-order chi connectivity index (χ0) is 15.3. The average molecular weight is 302 g/mol. The molecule has 6 nitrogen and oxygen atoms in total. The average Bonchev–Trinajstić information content (AvgIpc) is 2.78. The quantitative estimate of drug-likeness (QED) is 0.727. The van der Waals surface area contributed by atoms with E-state index in [4.69, 9.17) is 4.42 Å². The molecule has 7 heteroatoms. The topological polar surface area (TPSA) is 88.4 Å². The van der Waals surface area contributed by atoms with E-state index < -0.39 is 21.0 Å². The lowest BCUT2D eigenvalue weighted by Crippen LogP contribution is -2.40. The number of furan rings is 1. The number of hydrogen-bond donors (Lipinski definition) is 2. The molecule has 20 heavy (non-hydrogen) atoms. The summed E-state index contributed by atoms with van der Waals surface area (Å²) in [7, 11) is -3.34. The Hall–Kier alpha value is -1.34. The van der Waals surface area contributed by atoms with Crippen LogP contribution in [0, 0.1) is 6.92 Å².